The third-order valence-corrected chi connectivity index (χ3v) is 4.02. The molecule has 1 N–H and O–H groups in total. The molecule has 1 saturated carbocycles. The van der Waals surface area contributed by atoms with Gasteiger partial charge in [0.1, 0.15) is 11.4 Å². The van der Waals surface area contributed by atoms with Gasteiger partial charge in [-0.3, -0.25) is 4.79 Å². The average molecular weight is 298 g/mol. The van der Waals surface area contributed by atoms with E-state index in [9.17, 15) is 4.79 Å². The number of hydrogen-bond donors (Lipinski definition) is 1. The first-order valence-electron chi connectivity index (χ1n) is 6.80. The van der Waals surface area contributed by atoms with Crippen LogP contribution in [-0.2, 0) is 9.53 Å². The largest absolute Gasteiger partial charge is 0.492 e. The Balaban J connectivity index is 2.09. The van der Waals surface area contributed by atoms with Crippen molar-refractivity contribution in [3.63, 3.8) is 0 Å². The highest BCUT2D eigenvalue weighted by Crippen LogP contribution is 2.42. The highest BCUT2D eigenvalue weighted by molar-refractivity contribution is 6.32. The maximum atomic E-state index is 12.4. The number of hydrogen-bond acceptors (Lipinski definition) is 3. The van der Waals surface area contributed by atoms with Crippen molar-refractivity contribution in [3.05, 3.63) is 23.2 Å². The van der Waals surface area contributed by atoms with E-state index in [1.54, 1.807) is 25.3 Å². The molecule has 1 atom stereocenters. The Morgan fingerprint density at radius 3 is 2.70 bits per heavy atom. The van der Waals surface area contributed by atoms with Gasteiger partial charge in [-0.15, -0.1) is 0 Å². The molecule has 110 valence electrons. The van der Waals surface area contributed by atoms with Crippen LogP contribution in [0.2, 0.25) is 5.02 Å². The van der Waals surface area contributed by atoms with Crippen LogP contribution in [0.1, 0.15) is 26.7 Å². The number of amides is 1. The van der Waals surface area contributed by atoms with Gasteiger partial charge in [-0.2, -0.15) is 0 Å². The number of methoxy groups -OCH3 is 1. The predicted molar refractivity (Wildman–Crippen MR) is 79.4 cm³/mol. The molecule has 1 aliphatic rings. The van der Waals surface area contributed by atoms with Gasteiger partial charge in [-0.05, 0) is 50.8 Å². The van der Waals surface area contributed by atoms with E-state index >= 15 is 0 Å². The molecule has 5 heteroatoms. The van der Waals surface area contributed by atoms with E-state index in [2.05, 4.69) is 5.32 Å². The first-order valence-corrected chi connectivity index (χ1v) is 7.18. The van der Waals surface area contributed by atoms with Gasteiger partial charge in [0.25, 0.3) is 5.91 Å². The first kappa shape index (κ1) is 15.1. The van der Waals surface area contributed by atoms with Crippen molar-refractivity contribution in [1.29, 1.82) is 0 Å². The molecule has 1 aromatic rings. The summed E-state index contributed by atoms with van der Waals surface area (Å²) in [6, 6.07) is 5.22. The maximum Gasteiger partial charge on any atom is 0.256 e. The standard InChI is InChI=1S/C15H20ClNO3/c1-4-20-13-8-7-11(9-12(13)16)17-14(18)15(2,19-3)10-5-6-10/h7-10H,4-6H2,1-3H3,(H,17,18). The Morgan fingerprint density at radius 2 is 2.20 bits per heavy atom. The summed E-state index contributed by atoms with van der Waals surface area (Å²) in [5, 5.41) is 3.34. The van der Waals surface area contributed by atoms with Crippen LogP contribution in [0.3, 0.4) is 0 Å². The molecule has 2 rings (SSSR count). The minimum absolute atomic E-state index is 0.136. The van der Waals surface area contributed by atoms with Crippen molar-refractivity contribution in [2.75, 3.05) is 19.0 Å². The molecule has 0 saturated heterocycles. The number of anilines is 1. The van der Waals surface area contributed by atoms with Crippen LogP contribution in [0.5, 0.6) is 5.75 Å². The molecular formula is C15H20ClNO3. The van der Waals surface area contributed by atoms with Crippen molar-refractivity contribution in [3.8, 4) is 5.75 Å². The summed E-state index contributed by atoms with van der Waals surface area (Å²) in [5.74, 6) is 0.775. The lowest BCUT2D eigenvalue weighted by Crippen LogP contribution is -2.44. The van der Waals surface area contributed by atoms with Gasteiger partial charge in [0.15, 0.2) is 0 Å². The Morgan fingerprint density at radius 1 is 1.50 bits per heavy atom. The van der Waals surface area contributed by atoms with Crippen molar-refractivity contribution in [2.24, 2.45) is 5.92 Å². The van der Waals surface area contributed by atoms with Gasteiger partial charge in [-0.1, -0.05) is 11.6 Å². The summed E-state index contributed by atoms with van der Waals surface area (Å²) in [6.07, 6.45) is 2.06. The summed E-state index contributed by atoms with van der Waals surface area (Å²) in [4.78, 5) is 12.4. The average Bonchev–Trinajstić information content (AvgIpc) is 3.25. The zero-order chi connectivity index (χ0) is 14.8. The maximum absolute atomic E-state index is 12.4. The highest BCUT2D eigenvalue weighted by atomic mass is 35.5. The fourth-order valence-electron chi connectivity index (χ4n) is 2.19. The molecule has 1 aromatic carbocycles. The molecule has 0 aromatic heterocycles. The van der Waals surface area contributed by atoms with Gasteiger partial charge in [-0.25, -0.2) is 0 Å². The molecule has 1 fully saturated rings. The summed E-state index contributed by atoms with van der Waals surface area (Å²) in [5.41, 5.74) is -0.127. The van der Waals surface area contributed by atoms with E-state index in [0.29, 0.717) is 29.0 Å². The number of ether oxygens (including phenoxy) is 2. The molecule has 1 amide bonds. The normalized spacial score (nSPS) is 17.4. The van der Waals surface area contributed by atoms with Crippen LogP contribution < -0.4 is 10.1 Å². The van der Waals surface area contributed by atoms with Crippen LogP contribution >= 0.6 is 11.6 Å². The molecule has 0 spiro atoms. The zero-order valence-electron chi connectivity index (χ0n) is 12.0. The lowest BCUT2D eigenvalue weighted by Gasteiger charge is -2.26. The molecule has 0 heterocycles. The number of carbonyl (C=O) groups is 1. The van der Waals surface area contributed by atoms with Gasteiger partial charge in [0.05, 0.1) is 11.6 Å². The fourth-order valence-corrected chi connectivity index (χ4v) is 2.42. The summed E-state index contributed by atoms with van der Waals surface area (Å²) >= 11 is 6.11. The van der Waals surface area contributed by atoms with Crippen LogP contribution in [-0.4, -0.2) is 25.2 Å². The number of halogens is 1. The van der Waals surface area contributed by atoms with Crippen LogP contribution in [0.15, 0.2) is 18.2 Å². The minimum Gasteiger partial charge on any atom is -0.492 e. The van der Waals surface area contributed by atoms with Crippen molar-refractivity contribution in [2.45, 2.75) is 32.3 Å². The second kappa shape index (κ2) is 6.02. The van der Waals surface area contributed by atoms with E-state index in [1.807, 2.05) is 13.8 Å². The predicted octanol–water partition coefficient (Wildman–Crippen LogP) is 3.49. The van der Waals surface area contributed by atoms with Crippen LogP contribution in [0.25, 0.3) is 0 Å². The number of nitrogens with one attached hydrogen (secondary N) is 1. The summed E-state index contributed by atoms with van der Waals surface area (Å²) in [6.45, 7) is 4.27. The minimum atomic E-state index is -0.773. The van der Waals surface area contributed by atoms with Gasteiger partial charge < -0.3 is 14.8 Å². The molecule has 1 aliphatic carbocycles. The molecular weight excluding hydrogens is 278 g/mol. The number of rotatable bonds is 6. The first-order chi connectivity index (χ1) is 9.51. The van der Waals surface area contributed by atoms with E-state index in [4.69, 9.17) is 21.1 Å². The van der Waals surface area contributed by atoms with E-state index in [0.717, 1.165) is 12.8 Å². The number of benzene rings is 1. The van der Waals surface area contributed by atoms with Gasteiger partial charge in [0, 0.05) is 12.8 Å². The summed E-state index contributed by atoms with van der Waals surface area (Å²) in [7, 11) is 1.57. The topological polar surface area (TPSA) is 47.6 Å². The van der Waals surface area contributed by atoms with Crippen molar-refractivity contribution in [1.82, 2.24) is 0 Å². The highest BCUT2D eigenvalue weighted by Gasteiger charge is 2.47. The second-order valence-electron chi connectivity index (χ2n) is 5.12. The fraction of sp³-hybridized carbons (Fsp3) is 0.533. The molecule has 0 radical (unpaired) electrons. The van der Waals surface area contributed by atoms with E-state index < -0.39 is 5.60 Å². The zero-order valence-corrected chi connectivity index (χ0v) is 12.8. The van der Waals surface area contributed by atoms with Gasteiger partial charge in [0.2, 0.25) is 0 Å². The molecule has 0 bridgehead atoms. The summed E-state index contributed by atoms with van der Waals surface area (Å²) < 4.78 is 10.8. The third kappa shape index (κ3) is 3.07. The number of carbonyl (C=O) groups excluding carboxylic acids is 1. The molecule has 0 aliphatic heterocycles. The molecule has 1 unspecified atom stereocenters. The van der Waals surface area contributed by atoms with Crippen molar-refractivity contribution < 1.29 is 14.3 Å². The lowest BCUT2D eigenvalue weighted by molar-refractivity contribution is -0.138. The Bertz CT molecular complexity index is 502. The van der Waals surface area contributed by atoms with Gasteiger partial charge >= 0.3 is 0 Å². The smallest absolute Gasteiger partial charge is 0.256 e. The van der Waals surface area contributed by atoms with E-state index in [1.165, 1.54) is 0 Å². The quantitative estimate of drug-likeness (QED) is 0.874. The second-order valence-corrected chi connectivity index (χ2v) is 5.52. The Labute approximate surface area is 124 Å². The van der Waals surface area contributed by atoms with Crippen LogP contribution in [0.4, 0.5) is 5.69 Å². The van der Waals surface area contributed by atoms with Crippen LogP contribution in [0, 0.1) is 5.92 Å². The van der Waals surface area contributed by atoms with E-state index in [-0.39, 0.29) is 5.91 Å². The third-order valence-electron chi connectivity index (χ3n) is 3.72. The Kier molecular flexibility index (Phi) is 4.55. The van der Waals surface area contributed by atoms with Crippen molar-refractivity contribution >= 4 is 23.2 Å². The molecule has 20 heavy (non-hydrogen) atoms. The monoisotopic (exact) mass is 297 g/mol. The SMILES string of the molecule is CCOc1ccc(NC(=O)C(C)(OC)C2CC2)cc1Cl. The lowest BCUT2D eigenvalue weighted by atomic mass is 9.99. The molecule has 4 nitrogen and oxygen atoms in total. The Hall–Kier alpha value is -1.26.